The van der Waals surface area contributed by atoms with Gasteiger partial charge in [-0.25, -0.2) is 9.97 Å². The maximum atomic E-state index is 12.4. The molecule has 0 aliphatic rings. The first-order valence-corrected chi connectivity index (χ1v) is 8.94. The lowest BCUT2D eigenvalue weighted by atomic mass is 9.86. The minimum absolute atomic E-state index is 0.00743. The van der Waals surface area contributed by atoms with Gasteiger partial charge in [0.25, 0.3) is 5.91 Å². The summed E-state index contributed by atoms with van der Waals surface area (Å²) in [6.45, 7) is 6.95. The number of amides is 1. The highest BCUT2D eigenvalue weighted by Gasteiger charge is 2.18. The van der Waals surface area contributed by atoms with Crippen LogP contribution in [0.15, 0.2) is 67.0 Å². The molecule has 0 unspecified atom stereocenters. The minimum Gasteiger partial charge on any atom is -0.347 e. The number of carbonyl (C=O) groups is 1. The molecule has 0 radical (unpaired) electrons. The molecule has 3 aromatic rings. The number of aromatic nitrogens is 2. The zero-order chi connectivity index (χ0) is 19.3. The predicted molar refractivity (Wildman–Crippen MR) is 108 cm³/mol. The van der Waals surface area contributed by atoms with E-state index in [0.717, 1.165) is 11.3 Å². The fourth-order valence-corrected chi connectivity index (χ4v) is 2.80. The highest BCUT2D eigenvalue weighted by atomic mass is 16.1. The van der Waals surface area contributed by atoms with Crippen molar-refractivity contribution in [3.05, 3.63) is 83.8 Å². The van der Waals surface area contributed by atoms with Gasteiger partial charge < -0.3 is 10.6 Å². The van der Waals surface area contributed by atoms with Gasteiger partial charge in [-0.1, -0.05) is 69.3 Å². The van der Waals surface area contributed by atoms with Crippen LogP contribution in [0.5, 0.6) is 0 Å². The van der Waals surface area contributed by atoms with E-state index in [-0.39, 0.29) is 11.3 Å². The van der Waals surface area contributed by atoms with Crippen molar-refractivity contribution in [2.45, 2.75) is 32.7 Å². The van der Waals surface area contributed by atoms with Gasteiger partial charge in [-0.15, -0.1) is 0 Å². The van der Waals surface area contributed by atoms with E-state index in [1.54, 1.807) is 6.07 Å². The molecule has 0 aliphatic heterocycles. The number of nitrogens with one attached hydrogen (secondary N) is 2. The second-order valence-corrected chi connectivity index (χ2v) is 7.38. The summed E-state index contributed by atoms with van der Waals surface area (Å²) in [6, 6.07) is 19.5. The van der Waals surface area contributed by atoms with Crippen LogP contribution in [0, 0.1) is 0 Å². The molecular weight excluding hydrogens is 336 g/mol. The SMILES string of the molecule is CC(C)(C)c1ccccc1Nc1cc(C(=O)NCc2ccccc2)ncn1. The molecule has 27 heavy (non-hydrogen) atoms. The maximum Gasteiger partial charge on any atom is 0.270 e. The number of para-hydroxylation sites is 1. The van der Waals surface area contributed by atoms with Gasteiger partial charge in [0.2, 0.25) is 0 Å². The molecular formula is C22H24N4O. The first-order valence-electron chi connectivity index (χ1n) is 8.94. The standard InChI is InChI=1S/C22H24N4O/c1-22(2,3)17-11-7-8-12-18(17)26-20-13-19(24-15-25-20)21(27)23-14-16-9-5-4-6-10-16/h4-13,15H,14H2,1-3H3,(H,23,27)(H,24,25,26). The molecule has 1 heterocycles. The summed E-state index contributed by atoms with van der Waals surface area (Å²) in [7, 11) is 0. The zero-order valence-electron chi connectivity index (χ0n) is 15.9. The molecule has 0 saturated heterocycles. The molecule has 0 atom stereocenters. The zero-order valence-corrected chi connectivity index (χ0v) is 15.9. The Hall–Kier alpha value is -3.21. The highest BCUT2D eigenvalue weighted by Crippen LogP contribution is 2.30. The Morgan fingerprint density at radius 2 is 1.67 bits per heavy atom. The Balaban J connectivity index is 1.74. The third-order valence-corrected chi connectivity index (χ3v) is 4.19. The van der Waals surface area contributed by atoms with E-state index in [9.17, 15) is 4.79 Å². The monoisotopic (exact) mass is 360 g/mol. The molecule has 2 N–H and O–H groups in total. The van der Waals surface area contributed by atoms with Crippen LogP contribution in [0.3, 0.4) is 0 Å². The molecule has 1 amide bonds. The number of rotatable bonds is 5. The Morgan fingerprint density at radius 3 is 2.41 bits per heavy atom. The first kappa shape index (κ1) is 18.6. The average Bonchev–Trinajstić information content (AvgIpc) is 2.67. The van der Waals surface area contributed by atoms with Crippen LogP contribution in [-0.2, 0) is 12.0 Å². The lowest BCUT2D eigenvalue weighted by molar-refractivity contribution is 0.0946. The number of anilines is 2. The number of carbonyl (C=O) groups excluding carboxylic acids is 1. The van der Waals surface area contributed by atoms with E-state index in [2.05, 4.69) is 47.4 Å². The number of benzene rings is 2. The van der Waals surface area contributed by atoms with Crippen molar-refractivity contribution >= 4 is 17.4 Å². The number of hydrogen-bond donors (Lipinski definition) is 2. The predicted octanol–water partition coefficient (Wildman–Crippen LogP) is 4.45. The van der Waals surface area contributed by atoms with E-state index >= 15 is 0 Å². The summed E-state index contributed by atoms with van der Waals surface area (Å²) in [5.74, 6) is 0.361. The third-order valence-electron chi connectivity index (χ3n) is 4.19. The molecule has 0 spiro atoms. The second-order valence-electron chi connectivity index (χ2n) is 7.38. The average molecular weight is 360 g/mol. The van der Waals surface area contributed by atoms with E-state index in [1.807, 2.05) is 48.5 Å². The fourth-order valence-electron chi connectivity index (χ4n) is 2.80. The normalized spacial score (nSPS) is 11.1. The van der Waals surface area contributed by atoms with Gasteiger partial charge in [0, 0.05) is 18.3 Å². The van der Waals surface area contributed by atoms with Crippen LogP contribution in [0.4, 0.5) is 11.5 Å². The Bertz CT molecular complexity index is 917. The van der Waals surface area contributed by atoms with Crippen LogP contribution in [0.1, 0.15) is 42.4 Å². The van der Waals surface area contributed by atoms with Crippen molar-refractivity contribution in [3.8, 4) is 0 Å². The Morgan fingerprint density at radius 1 is 0.963 bits per heavy atom. The van der Waals surface area contributed by atoms with Gasteiger partial charge >= 0.3 is 0 Å². The van der Waals surface area contributed by atoms with E-state index in [4.69, 9.17) is 0 Å². The van der Waals surface area contributed by atoms with Crippen molar-refractivity contribution in [1.29, 1.82) is 0 Å². The summed E-state index contributed by atoms with van der Waals surface area (Å²) in [5, 5.41) is 6.20. The molecule has 1 aromatic heterocycles. The van der Waals surface area contributed by atoms with Crippen molar-refractivity contribution in [3.63, 3.8) is 0 Å². The summed E-state index contributed by atoms with van der Waals surface area (Å²) < 4.78 is 0. The summed E-state index contributed by atoms with van der Waals surface area (Å²) in [5.41, 5.74) is 3.51. The van der Waals surface area contributed by atoms with Gasteiger partial charge in [-0.2, -0.15) is 0 Å². The van der Waals surface area contributed by atoms with Gasteiger partial charge in [0.05, 0.1) is 0 Å². The van der Waals surface area contributed by atoms with E-state index < -0.39 is 0 Å². The van der Waals surface area contributed by atoms with Crippen molar-refractivity contribution < 1.29 is 4.79 Å². The fraction of sp³-hybridized carbons (Fsp3) is 0.227. The van der Waals surface area contributed by atoms with Crippen LogP contribution in [-0.4, -0.2) is 15.9 Å². The van der Waals surface area contributed by atoms with Crippen LogP contribution < -0.4 is 10.6 Å². The lowest BCUT2D eigenvalue weighted by Gasteiger charge is -2.23. The first-order chi connectivity index (χ1) is 12.9. The molecule has 3 rings (SSSR count). The Labute approximate surface area is 159 Å². The van der Waals surface area contributed by atoms with Crippen LogP contribution >= 0.6 is 0 Å². The molecule has 2 aromatic carbocycles. The molecule has 5 nitrogen and oxygen atoms in total. The Kier molecular flexibility index (Phi) is 5.50. The molecule has 5 heteroatoms. The van der Waals surface area contributed by atoms with Crippen molar-refractivity contribution in [2.75, 3.05) is 5.32 Å². The summed E-state index contributed by atoms with van der Waals surface area (Å²) in [6.07, 6.45) is 1.40. The smallest absolute Gasteiger partial charge is 0.270 e. The molecule has 0 bridgehead atoms. The molecule has 0 fully saturated rings. The largest absolute Gasteiger partial charge is 0.347 e. The van der Waals surface area contributed by atoms with Crippen LogP contribution in [0.2, 0.25) is 0 Å². The number of nitrogens with zero attached hydrogens (tertiary/aromatic N) is 2. The quantitative estimate of drug-likeness (QED) is 0.705. The minimum atomic E-state index is -0.228. The molecule has 138 valence electrons. The molecule has 0 saturated carbocycles. The highest BCUT2D eigenvalue weighted by molar-refractivity contribution is 5.92. The number of hydrogen-bond acceptors (Lipinski definition) is 4. The van der Waals surface area contributed by atoms with Crippen molar-refractivity contribution in [1.82, 2.24) is 15.3 Å². The van der Waals surface area contributed by atoms with Gasteiger partial charge in [-0.3, -0.25) is 4.79 Å². The van der Waals surface area contributed by atoms with E-state index in [0.29, 0.717) is 18.1 Å². The van der Waals surface area contributed by atoms with Gasteiger partial charge in [-0.05, 0) is 22.6 Å². The van der Waals surface area contributed by atoms with Crippen molar-refractivity contribution in [2.24, 2.45) is 0 Å². The van der Waals surface area contributed by atoms with Gasteiger partial charge in [0.15, 0.2) is 0 Å². The topological polar surface area (TPSA) is 66.9 Å². The van der Waals surface area contributed by atoms with Crippen LogP contribution in [0.25, 0.3) is 0 Å². The third kappa shape index (κ3) is 4.91. The van der Waals surface area contributed by atoms with E-state index in [1.165, 1.54) is 11.9 Å². The second kappa shape index (κ2) is 7.99. The summed E-state index contributed by atoms with van der Waals surface area (Å²) >= 11 is 0. The maximum absolute atomic E-state index is 12.4. The molecule has 0 aliphatic carbocycles. The van der Waals surface area contributed by atoms with Gasteiger partial charge in [0.1, 0.15) is 17.8 Å². The lowest BCUT2D eigenvalue weighted by Crippen LogP contribution is -2.24. The summed E-state index contributed by atoms with van der Waals surface area (Å²) in [4.78, 5) is 20.8.